The Hall–Kier alpha value is -1.61. The molecule has 2 heterocycles. The van der Waals surface area contributed by atoms with Crippen molar-refractivity contribution in [3.05, 3.63) is 11.8 Å². The molecule has 1 saturated heterocycles. The maximum Gasteiger partial charge on any atom is 0.433 e. The van der Waals surface area contributed by atoms with Crippen molar-refractivity contribution in [1.29, 1.82) is 0 Å². The molecule has 1 aromatic heterocycles. The van der Waals surface area contributed by atoms with Gasteiger partial charge in [0.2, 0.25) is 11.8 Å². The van der Waals surface area contributed by atoms with Crippen molar-refractivity contribution in [3.8, 4) is 5.88 Å². The summed E-state index contributed by atoms with van der Waals surface area (Å²) in [6.45, 7) is 0.791. The summed E-state index contributed by atoms with van der Waals surface area (Å²) >= 11 is 0. The van der Waals surface area contributed by atoms with Crippen LogP contribution in [-0.2, 0) is 10.9 Å². The standard InChI is InChI=1S/C11H15F3N4O2/c12-11(13,14)8-5-9(17-10(16-8)18-15)20-6-7-3-1-2-4-19-7/h5,7H,1-4,6,15H2,(H,16,17,18). The van der Waals surface area contributed by atoms with Crippen LogP contribution < -0.4 is 16.0 Å². The largest absolute Gasteiger partial charge is 0.475 e. The lowest BCUT2D eigenvalue weighted by Crippen LogP contribution is -2.26. The van der Waals surface area contributed by atoms with Gasteiger partial charge in [0.1, 0.15) is 6.61 Å². The molecule has 3 N–H and O–H groups in total. The van der Waals surface area contributed by atoms with E-state index in [1.807, 2.05) is 5.43 Å². The highest BCUT2D eigenvalue weighted by Gasteiger charge is 2.34. The van der Waals surface area contributed by atoms with Crippen molar-refractivity contribution >= 4 is 5.95 Å². The number of hydrogen-bond donors (Lipinski definition) is 2. The number of hydrogen-bond acceptors (Lipinski definition) is 6. The van der Waals surface area contributed by atoms with Crippen LogP contribution in [0.4, 0.5) is 19.1 Å². The number of alkyl halides is 3. The molecule has 20 heavy (non-hydrogen) atoms. The van der Waals surface area contributed by atoms with Crippen molar-refractivity contribution < 1.29 is 22.6 Å². The smallest absolute Gasteiger partial charge is 0.433 e. The summed E-state index contributed by atoms with van der Waals surface area (Å²) in [5.41, 5.74) is 0.873. The van der Waals surface area contributed by atoms with E-state index < -0.39 is 11.9 Å². The van der Waals surface area contributed by atoms with Gasteiger partial charge < -0.3 is 9.47 Å². The fourth-order valence-corrected chi connectivity index (χ4v) is 1.83. The molecule has 1 aliphatic heterocycles. The molecular formula is C11H15F3N4O2. The highest BCUT2D eigenvalue weighted by Crippen LogP contribution is 2.30. The molecule has 0 saturated carbocycles. The first-order chi connectivity index (χ1) is 9.49. The first-order valence-electron chi connectivity index (χ1n) is 6.16. The van der Waals surface area contributed by atoms with E-state index >= 15 is 0 Å². The number of nitrogens with two attached hydrogens (primary N) is 1. The Bertz CT molecular complexity index is 450. The molecule has 0 spiro atoms. The van der Waals surface area contributed by atoms with E-state index in [1.165, 1.54) is 0 Å². The Labute approximate surface area is 113 Å². The van der Waals surface area contributed by atoms with Crippen molar-refractivity contribution in [1.82, 2.24) is 9.97 Å². The van der Waals surface area contributed by atoms with Gasteiger partial charge in [-0.15, -0.1) is 0 Å². The normalized spacial score (nSPS) is 19.7. The van der Waals surface area contributed by atoms with E-state index in [4.69, 9.17) is 15.3 Å². The third kappa shape index (κ3) is 3.94. The average Bonchev–Trinajstić information content (AvgIpc) is 2.45. The third-order valence-corrected chi connectivity index (χ3v) is 2.81. The molecule has 1 fully saturated rings. The number of rotatable bonds is 4. The van der Waals surface area contributed by atoms with Crippen LogP contribution in [-0.4, -0.2) is 29.3 Å². The number of halogens is 3. The maximum atomic E-state index is 12.6. The molecule has 1 atom stereocenters. The van der Waals surface area contributed by atoms with Crippen LogP contribution in [0.2, 0.25) is 0 Å². The number of nitrogen functional groups attached to an aromatic ring is 1. The summed E-state index contributed by atoms with van der Waals surface area (Å²) in [5.74, 6) is 4.51. The average molecular weight is 292 g/mol. The van der Waals surface area contributed by atoms with Gasteiger partial charge in [0.15, 0.2) is 5.69 Å². The molecular weight excluding hydrogens is 277 g/mol. The predicted octanol–water partition coefficient (Wildman–Crippen LogP) is 1.73. The van der Waals surface area contributed by atoms with Gasteiger partial charge in [-0.05, 0) is 19.3 Å². The molecule has 0 amide bonds. The highest BCUT2D eigenvalue weighted by molar-refractivity contribution is 5.30. The van der Waals surface area contributed by atoms with Crippen LogP contribution in [0.1, 0.15) is 25.0 Å². The third-order valence-electron chi connectivity index (χ3n) is 2.81. The quantitative estimate of drug-likeness (QED) is 0.649. The Kier molecular flexibility index (Phi) is 4.61. The number of aromatic nitrogens is 2. The zero-order valence-electron chi connectivity index (χ0n) is 10.6. The molecule has 1 aromatic rings. The minimum Gasteiger partial charge on any atom is -0.475 e. The van der Waals surface area contributed by atoms with Crippen LogP contribution in [0, 0.1) is 0 Å². The molecule has 0 aromatic carbocycles. The number of nitrogens with zero attached hydrogens (tertiary/aromatic N) is 2. The summed E-state index contributed by atoms with van der Waals surface area (Å²) in [5, 5.41) is 0. The predicted molar refractivity (Wildman–Crippen MR) is 63.9 cm³/mol. The highest BCUT2D eigenvalue weighted by atomic mass is 19.4. The molecule has 1 unspecified atom stereocenters. The van der Waals surface area contributed by atoms with Gasteiger partial charge >= 0.3 is 6.18 Å². The number of ether oxygens (including phenoxy) is 2. The summed E-state index contributed by atoms with van der Waals surface area (Å²) in [4.78, 5) is 6.96. The lowest BCUT2D eigenvalue weighted by atomic mass is 10.1. The lowest BCUT2D eigenvalue weighted by molar-refractivity contribution is -0.141. The minimum atomic E-state index is -4.59. The number of anilines is 1. The zero-order chi connectivity index (χ0) is 14.6. The summed E-state index contributed by atoms with van der Waals surface area (Å²) in [7, 11) is 0. The van der Waals surface area contributed by atoms with E-state index in [9.17, 15) is 13.2 Å². The van der Waals surface area contributed by atoms with E-state index in [0.29, 0.717) is 6.61 Å². The van der Waals surface area contributed by atoms with Gasteiger partial charge in [0.25, 0.3) is 0 Å². The topological polar surface area (TPSA) is 82.3 Å². The summed E-state index contributed by atoms with van der Waals surface area (Å²) in [6.07, 6.45) is -1.89. The Morgan fingerprint density at radius 2 is 2.20 bits per heavy atom. The molecule has 9 heteroatoms. The second kappa shape index (κ2) is 6.23. The number of hydrazine groups is 1. The number of nitrogens with one attached hydrogen (secondary N) is 1. The molecule has 0 radical (unpaired) electrons. The second-order valence-electron chi connectivity index (χ2n) is 4.36. The van der Waals surface area contributed by atoms with Crippen LogP contribution >= 0.6 is 0 Å². The minimum absolute atomic E-state index is 0.123. The van der Waals surface area contributed by atoms with Crippen LogP contribution in [0.5, 0.6) is 5.88 Å². The van der Waals surface area contributed by atoms with Crippen molar-refractivity contribution in [2.45, 2.75) is 31.5 Å². The molecule has 6 nitrogen and oxygen atoms in total. The van der Waals surface area contributed by atoms with Crippen molar-refractivity contribution in [2.24, 2.45) is 5.84 Å². The first kappa shape index (κ1) is 14.8. The summed E-state index contributed by atoms with van der Waals surface area (Å²) < 4.78 is 48.6. The monoisotopic (exact) mass is 292 g/mol. The van der Waals surface area contributed by atoms with Gasteiger partial charge in [0, 0.05) is 12.7 Å². The van der Waals surface area contributed by atoms with Crippen LogP contribution in [0.25, 0.3) is 0 Å². The lowest BCUT2D eigenvalue weighted by Gasteiger charge is -2.22. The van der Waals surface area contributed by atoms with E-state index in [2.05, 4.69) is 9.97 Å². The van der Waals surface area contributed by atoms with Gasteiger partial charge in [-0.1, -0.05) is 0 Å². The van der Waals surface area contributed by atoms with E-state index in [1.54, 1.807) is 0 Å². The van der Waals surface area contributed by atoms with Crippen LogP contribution in [0.3, 0.4) is 0 Å². The van der Waals surface area contributed by atoms with Gasteiger partial charge in [-0.3, -0.25) is 5.43 Å². The Morgan fingerprint density at radius 1 is 1.40 bits per heavy atom. The molecule has 112 valence electrons. The molecule has 1 aliphatic rings. The van der Waals surface area contributed by atoms with Crippen molar-refractivity contribution in [3.63, 3.8) is 0 Å². The Balaban J connectivity index is 2.06. The fraction of sp³-hybridized carbons (Fsp3) is 0.636. The molecule has 0 bridgehead atoms. The molecule has 0 aliphatic carbocycles. The Morgan fingerprint density at radius 3 is 2.80 bits per heavy atom. The second-order valence-corrected chi connectivity index (χ2v) is 4.36. The fourth-order valence-electron chi connectivity index (χ4n) is 1.83. The van der Waals surface area contributed by atoms with Gasteiger partial charge in [-0.25, -0.2) is 10.8 Å². The molecule has 2 rings (SSSR count). The van der Waals surface area contributed by atoms with E-state index in [0.717, 1.165) is 25.3 Å². The SMILES string of the molecule is NNc1nc(OCC2CCCCO2)cc(C(F)(F)F)n1. The van der Waals surface area contributed by atoms with Crippen molar-refractivity contribution in [2.75, 3.05) is 18.6 Å². The zero-order valence-corrected chi connectivity index (χ0v) is 10.6. The summed E-state index contributed by atoms with van der Waals surface area (Å²) in [6, 6.07) is 0.740. The van der Waals surface area contributed by atoms with Crippen LogP contribution in [0.15, 0.2) is 6.07 Å². The maximum absolute atomic E-state index is 12.6. The van der Waals surface area contributed by atoms with Gasteiger partial charge in [-0.2, -0.15) is 18.2 Å². The first-order valence-corrected chi connectivity index (χ1v) is 6.16. The van der Waals surface area contributed by atoms with Gasteiger partial charge in [0.05, 0.1) is 6.10 Å². The van der Waals surface area contributed by atoms with E-state index in [-0.39, 0.29) is 24.5 Å².